The Bertz CT molecular complexity index is 291. The average molecular weight is 239 g/mol. The van der Waals surface area contributed by atoms with E-state index in [-0.39, 0.29) is 0 Å². The summed E-state index contributed by atoms with van der Waals surface area (Å²) in [6, 6.07) is 5.25. The fourth-order valence-electron chi connectivity index (χ4n) is 2.01. The van der Waals surface area contributed by atoms with Crippen molar-refractivity contribution in [3.8, 4) is 0 Å². The van der Waals surface area contributed by atoms with Gasteiger partial charge in [0.05, 0.1) is 0 Å². The Morgan fingerprint density at radius 1 is 1.25 bits per heavy atom. The molecule has 1 rings (SSSR count). The predicted octanol–water partition coefficient (Wildman–Crippen LogP) is 3.88. The standard InChI is InChI=1S/C14H25NS/c1-5-13-8-9-14(16-13)7-6-12(15-4)10-11(2)3/h8-9,11-12,15H,5-7,10H2,1-4H3. The molecule has 1 N–H and O–H groups in total. The molecule has 0 spiro atoms. The van der Waals surface area contributed by atoms with Gasteiger partial charge in [-0.05, 0) is 50.8 Å². The van der Waals surface area contributed by atoms with Crippen LogP contribution in [0.4, 0.5) is 0 Å². The minimum absolute atomic E-state index is 0.673. The Balaban J connectivity index is 2.36. The number of aryl methyl sites for hydroxylation is 2. The summed E-state index contributed by atoms with van der Waals surface area (Å²) in [5.41, 5.74) is 0. The van der Waals surface area contributed by atoms with Crippen LogP contribution in [0.2, 0.25) is 0 Å². The molecule has 2 heteroatoms. The maximum atomic E-state index is 3.43. The third-order valence-corrected chi connectivity index (χ3v) is 4.26. The predicted molar refractivity (Wildman–Crippen MR) is 74.3 cm³/mol. The van der Waals surface area contributed by atoms with Crippen molar-refractivity contribution >= 4 is 11.3 Å². The van der Waals surface area contributed by atoms with Gasteiger partial charge < -0.3 is 5.32 Å². The van der Waals surface area contributed by atoms with Gasteiger partial charge in [-0.3, -0.25) is 0 Å². The monoisotopic (exact) mass is 239 g/mol. The zero-order valence-electron chi connectivity index (χ0n) is 11.0. The second kappa shape index (κ2) is 7.08. The SMILES string of the molecule is CCc1ccc(CCC(CC(C)C)NC)s1. The molecule has 0 aromatic carbocycles. The first kappa shape index (κ1) is 13.7. The van der Waals surface area contributed by atoms with Crippen molar-refractivity contribution in [3.63, 3.8) is 0 Å². The lowest BCUT2D eigenvalue weighted by Gasteiger charge is -2.17. The fraction of sp³-hybridized carbons (Fsp3) is 0.714. The van der Waals surface area contributed by atoms with Crippen LogP contribution in [0.3, 0.4) is 0 Å². The second-order valence-corrected chi connectivity index (χ2v) is 6.13. The molecule has 0 aliphatic heterocycles. The van der Waals surface area contributed by atoms with Gasteiger partial charge in [0.25, 0.3) is 0 Å². The van der Waals surface area contributed by atoms with Crippen molar-refractivity contribution in [2.24, 2.45) is 5.92 Å². The molecule has 0 saturated carbocycles. The van der Waals surface area contributed by atoms with Crippen molar-refractivity contribution < 1.29 is 0 Å². The van der Waals surface area contributed by atoms with Crippen molar-refractivity contribution in [2.75, 3.05) is 7.05 Å². The molecule has 0 saturated heterocycles. The molecule has 1 unspecified atom stereocenters. The van der Waals surface area contributed by atoms with Gasteiger partial charge in [-0.15, -0.1) is 11.3 Å². The van der Waals surface area contributed by atoms with E-state index in [9.17, 15) is 0 Å². The van der Waals surface area contributed by atoms with Gasteiger partial charge in [-0.25, -0.2) is 0 Å². The van der Waals surface area contributed by atoms with Crippen LogP contribution in [0.1, 0.15) is 43.4 Å². The van der Waals surface area contributed by atoms with E-state index in [0.717, 1.165) is 5.92 Å². The summed E-state index contributed by atoms with van der Waals surface area (Å²) in [5.74, 6) is 0.784. The highest BCUT2D eigenvalue weighted by Gasteiger charge is 2.09. The Labute approximate surface area is 104 Å². The number of hydrogen-bond acceptors (Lipinski definition) is 2. The summed E-state index contributed by atoms with van der Waals surface area (Å²) in [5, 5.41) is 3.43. The topological polar surface area (TPSA) is 12.0 Å². The number of rotatable bonds is 7. The van der Waals surface area contributed by atoms with Gasteiger partial charge in [0.1, 0.15) is 0 Å². The quantitative estimate of drug-likeness (QED) is 0.761. The van der Waals surface area contributed by atoms with E-state index < -0.39 is 0 Å². The molecular formula is C14H25NS. The third kappa shape index (κ3) is 4.67. The fourth-order valence-corrected chi connectivity index (χ4v) is 2.99. The van der Waals surface area contributed by atoms with E-state index in [0.29, 0.717) is 6.04 Å². The van der Waals surface area contributed by atoms with Crippen LogP contribution < -0.4 is 5.32 Å². The zero-order chi connectivity index (χ0) is 12.0. The molecule has 0 bridgehead atoms. The third-order valence-electron chi connectivity index (χ3n) is 2.97. The van der Waals surface area contributed by atoms with Crippen LogP contribution in [0, 0.1) is 5.92 Å². The van der Waals surface area contributed by atoms with Crippen LogP contribution in [-0.4, -0.2) is 13.1 Å². The summed E-state index contributed by atoms with van der Waals surface area (Å²) in [6.45, 7) is 6.82. The Hall–Kier alpha value is -0.340. The van der Waals surface area contributed by atoms with Crippen molar-refractivity contribution in [2.45, 2.75) is 52.5 Å². The summed E-state index contributed by atoms with van der Waals surface area (Å²) >= 11 is 1.98. The lowest BCUT2D eigenvalue weighted by atomic mass is 10.00. The molecular weight excluding hydrogens is 214 g/mol. The number of hydrogen-bond donors (Lipinski definition) is 1. The smallest absolute Gasteiger partial charge is 0.00699 e. The zero-order valence-corrected chi connectivity index (χ0v) is 11.9. The van der Waals surface area contributed by atoms with Gasteiger partial charge in [0.2, 0.25) is 0 Å². The van der Waals surface area contributed by atoms with E-state index in [1.54, 1.807) is 4.88 Å². The van der Waals surface area contributed by atoms with E-state index in [1.807, 2.05) is 11.3 Å². The van der Waals surface area contributed by atoms with Crippen LogP contribution in [0.25, 0.3) is 0 Å². The summed E-state index contributed by atoms with van der Waals surface area (Å²) < 4.78 is 0. The highest BCUT2D eigenvalue weighted by Crippen LogP contribution is 2.20. The van der Waals surface area contributed by atoms with E-state index in [4.69, 9.17) is 0 Å². The highest BCUT2D eigenvalue weighted by molar-refractivity contribution is 7.11. The molecule has 1 aromatic rings. The van der Waals surface area contributed by atoms with Gasteiger partial charge >= 0.3 is 0 Å². The maximum absolute atomic E-state index is 3.43. The molecule has 1 aromatic heterocycles. The number of thiophene rings is 1. The molecule has 92 valence electrons. The molecule has 1 nitrogen and oxygen atoms in total. The van der Waals surface area contributed by atoms with Gasteiger partial charge in [-0.2, -0.15) is 0 Å². The Kier molecular flexibility index (Phi) is 6.07. The van der Waals surface area contributed by atoms with Crippen LogP contribution in [0.15, 0.2) is 12.1 Å². The van der Waals surface area contributed by atoms with Crippen molar-refractivity contribution in [1.82, 2.24) is 5.32 Å². The van der Waals surface area contributed by atoms with Gasteiger partial charge in [-0.1, -0.05) is 20.8 Å². The first-order chi connectivity index (χ1) is 7.65. The molecule has 1 heterocycles. The molecule has 0 aliphatic rings. The first-order valence-corrected chi connectivity index (χ1v) is 7.22. The molecule has 0 amide bonds. The van der Waals surface area contributed by atoms with Gasteiger partial charge in [0, 0.05) is 15.8 Å². The normalized spacial score (nSPS) is 13.3. The van der Waals surface area contributed by atoms with E-state index in [2.05, 4.69) is 45.3 Å². The summed E-state index contributed by atoms with van der Waals surface area (Å²) in [6.07, 6.45) is 4.94. The average Bonchev–Trinajstić information content (AvgIpc) is 2.71. The van der Waals surface area contributed by atoms with Crippen LogP contribution in [0.5, 0.6) is 0 Å². The first-order valence-electron chi connectivity index (χ1n) is 6.40. The summed E-state index contributed by atoms with van der Waals surface area (Å²) in [7, 11) is 2.08. The van der Waals surface area contributed by atoms with Crippen molar-refractivity contribution in [1.29, 1.82) is 0 Å². The number of nitrogens with one attached hydrogen (secondary N) is 1. The maximum Gasteiger partial charge on any atom is 0.00699 e. The minimum atomic E-state index is 0.673. The lowest BCUT2D eigenvalue weighted by molar-refractivity contribution is 0.422. The molecule has 0 aliphatic carbocycles. The Morgan fingerprint density at radius 2 is 1.94 bits per heavy atom. The van der Waals surface area contributed by atoms with E-state index >= 15 is 0 Å². The summed E-state index contributed by atoms with van der Waals surface area (Å²) in [4.78, 5) is 3.06. The van der Waals surface area contributed by atoms with Crippen LogP contribution in [-0.2, 0) is 12.8 Å². The van der Waals surface area contributed by atoms with Crippen molar-refractivity contribution in [3.05, 3.63) is 21.9 Å². The molecule has 16 heavy (non-hydrogen) atoms. The lowest BCUT2D eigenvalue weighted by Crippen LogP contribution is -2.27. The van der Waals surface area contributed by atoms with Crippen LogP contribution >= 0.6 is 11.3 Å². The largest absolute Gasteiger partial charge is 0.317 e. The molecule has 1 atom stereocenters. The molecule has 0 radical (unpaired) electrons. The van der Waals surface area contributed by atoms with E-state index in [1.165, 1.54) is 30.6 Å². The highest BCUT2D eigenvalue weighted by atomic mass is 32.1. The second-order valence-electron chi connectivity index (χ2n) is 4.88. The molecule has 0 fully saturated rings. The minimum Gasteiger partial charge on any atom is -0.317 e. The van der Waals surface area contributed by atoms with Gasteiger partial charge in [0.15, 0.2) is 0 Å². The Morgan fingerprint density at radius 3 is 2.44 bits per heavy atom.